The molecule has 1 heterocycles. The minimum atomic E-state index is -0.512. The van der Waals surface area contributed by atoms with Crippen LogP contribution < -0.4 is 5.32 Å². The molecule has 1 aliphatic rings. The Morgan fingerprint density at radius 3 is 2.60 bits per heavy atom. The highest BCUT2D eigenvalue weighted by Crippen LogP contribution is 2.28. The number of pyridine rings is 1. The van der Waals surface area contributed by atoms with Gasteiger partial charge in [-0.25, -0.2) is 0 Å². The first-order valence-electron chi connectivity index (χ1n) is 7.96. The van der Waals surface area contributed by atoms with Gasteiger partial charge in [0.15, 0.2) is 0 Å². The lowest BCUT2D eigenvalue weighted by molar-refractivity contribution is 0.00194. The average molecular weight is 276 g/mol. The summed E-state index contributed by atoms with van der Waals surface area (Å²) in [6.07, 6.45) is 8.31. The molecule has 2 rings (SSSR count). The van der Waals surface area contributed by atoms with Gasteiger partial charge in [-0.15, -0.1) is 0 Å². The highest BCUT2D eigenvalue weighted by atomic mass is 16.3. The molecule has 0 aliphatic heterocycles. The fourth-order valence-electron chi connectivity index (χ4n) is 3.06. The van der Waals surface area contributed by atoms with Gasteiger partial charge in [0, 0.05) is 18.8 Å². The van der Waals surface area contributed by atoms with Crippen molar-refractivity contribution < 1.29 is 5.11 Å². The quantitative estimate of drug-likeness (QED) is 0.836. The number of aromatic nitrogens is 1. The second kappa shape index (κ2) is 7.19. The molecular formula is C17H28N2O. The van der Waals surface area contributed by atoms with Gasteiger partial charge < -0.3 is 10.4 Å². The fourth-order valence-corrected chi connectivity index (χ4v) is 3.06. The van der Waals surface area contributed by atoms with Gasteiger partial charge in [0.25, 0.3) is 0 Å². The van der Waals surface area contributed by atoms with Gasteiger partial charge in [0.2, 0.25) is 0 Å². The zero-order chi connectivity index (χ0) is 14.4. The molecule has 0 spiro atoms. The third-order valence-electron chi connectivity index (χ3n) is 4.21. The van der Waals surface area contributed by atoms with Crippen molar-refractivity contribution in [3.05, 3.63) is 30.1 Å². The maximum Gasteiger partial charge on any atom is 0.0771 e. The molecule has 0 amide bonds. The fraction of sp³-hybridized carbons (Fsp3) is 0.706. The third-order valence-corrected chi connectivity index (χ3v) is 4.21. The van der Waals surface area contributed by atoms with Crippen molar-refractivity contribution in [1.29, 1.82) is 0 Å². The predicted octanol–water partition coefficient (Wildman–Crippen LogP) is 3.45. The molecule has 3 nitrogen and oxygen atoms in total. The molecule has 20 heavy (non-hydrogen) atoms. The van der Waals surface area contributed by atoms with E-state index in [1.54, 1.807) is 0 Å². The van der Waals surface area contributed by atoms with Gasteiger partial charge in [0.1, 0.15) is 0 Å². The molecular weight excluding hydrogens is 248 g/mol. The van der Waals surface area contributed by atoms with E-state index in [1.165, 1.54) is 6.42 Å². The Morgan fingerprint density at radius 1 is 1.25 bits per heavy atom. The van der Waals surface area contributed by atoms with E-state index < -0.39 is 5.60 Å². The van der Waals surface area contributed by atoms with Crippen LogP contribution in [0.2, 0.25) is 0 Å². The Bertz CT molecular complexity index is 385. The molecule has 1 unspecified atom stereocenters. The first kappa shape index (κ1) is 15.5. The van der Waals surface area contributed by atoms with Gasteiger partial charge in [-0.2, -0.15) is 0 Å². The summed E-state index contributed by atoms with van der Waals surface area (Å²) in [5.74, 6) is 0.607. The lowest BCUT2D eigenvalue weighted by Gasteiger charge is -2.34. The molecule has 1 saturated carbocycles. The van der Waals surface area contributed by atoms with Crippen LogP contribution in [0.15, 0.2) is 24.4 Å². The van der Waals surface area contributed by atoms with Crippen molar-refractivity contribution in [2.75, 3.05) is 6.54 Å². The maximum atomic E-state index is 10.6. The molecule has 112 valence electrons. The van der Waals surface area contributed by atoms with Crippen LogP contribution in [-0.4, -0.2) is 22.2 Å². The number of nitrogens with one attached hydrogen (secondary N) is 1. The summed E-state index contributed by atoms with van der Waals surface area (Å²) in [5, 5.41) is 14.2. The topological polar surface area (TPSA) is 45.1 Å². The number of hydrogen-bond acceptors (Lipinski definition) is 3. The number of nitrogens with zero attached hydrogens (tertiary/aromatic N) is 1. The minimum Gasteiger partial charge on any atom is -0.389 e. The second-order valence-corrected chi connectivity index (χ2v) is 6.60. The lowest BCUT2D eigenvalue weighted by Crippen LogP contribution is -2.43. The molecule has 1 aromatic rings. The Hall–Kier alpha value is -0.930. The van der Waals surface area contributed by atoms with Crippen LogP contribution in [0.5, 0.6) is 0 Å². The molecule has 1 aromatic heterocycles. The summed E-state index contributed by atoms with van der Waals surface area (Å²) >= 11 is 0. The zero-order valence-corrected chi connectivity index (χ0v) is 12.8. The largest absolute Gasteiger partial charge is 0.389 e. The first-order valence-corrected chi connectivity index (χ1v) is 7.96. The van der Waals surface area contributed by atoms with Gasteiger partial charge in [-0.1, -0.05) is 39.2 Å². The molecule has 0 saturated heterocycles. The smallest absolute Gasteiger partial charge is 0.0771 e. The van der Waals surface area contributed by atoms with Crippen molar-refractivity contribution in [3.63, 3.8) is 0 Å². The van der Waals surface area contributed by atoms with E-state index in [9.17, 15) is 5.11 Å². The molecule has 1 fully saturated rings. The standard InChI is InChI=1S/C17H28N2O/c1-14(2)12-16(15-8-4-7-11-18-15)19-13-17(20)9-5-3-6-10-17/h4,7-8,11,14,16,19-20H,3,5-6,9-10,12-13H2,1-2H3. The Morgan fingerprint density at radius 2 is 2.00 bits per heavy atom. The Balaban J connectivity index is 1.97. The summed E-state index contributed by atoms with van der Waals surface area (Å²) in [6, 6.07) is 6.30. The van der Waals surface area contributed by atoms with E-state index in [4.69, 9.17) is 0 Å². The van der Waals surface area contributed by atoms with Crippen LogP contribution in [0, 0.1) is 5.92 Å². The molecule has 0 radical (unpaired) electrons. The van der Waals surface area contributed by atoms with Crippen LogP contribution in [0.3, 0.4) is 0 Å². The van der Waals surface area contributed by atoms with Crippen LogP contribution in [0.25, 0.3) is 0 Å². The summed E-state index contributed by atoms with van der Waals surface area (Å²) in [4.78, 5) is 4.47. The van der Waals surface area contributed by atoms with Gasteiger partial charge >= 0.3 is 0 Å². The molecule has 0 bridgehead atoms. The number of aliphatic hydroxyl groups is 1. The van der Waals surface area contributed by atoms with Crippen LogP contribution >= 0.6 is 0 Å². The second-order valence-electron chi connectivity index (χ2n) is 6.60. The van der Waals surface area contributed by atoms with Gasteiger partial charge in [-0.05, 0) is 37.3 Å². The normalized spacial score (nSPS) is 20.0. The van der Waals surface area contributed by atoms with Crippen LogP contribution in [-0.2, 0) is 0 Å². The Labute approximate surface area is 122 Å². The molecule has 1 atom stereocenters. The third kappa shape index (κ3) is 4.57. The van der Waals surface area contributed by atoms with Crippen molar-refractivity contribution in [3.8, 4) is 0 Å². The van der Waals surface area contributed by atoms with Crippen LogP contribution in [0.1, 0.15) is 64.1 Å². The highest BCUT2D eigenvalue weighted by molar-refractivity contribution is 5.09. The van der Waals surface area contributed by atoms with E-state index in [0.29, 0.717) is 12.5 Å². The van der Waals surface area contributed by atoms with Crippen molar-refractivity contribution in [2.24, 2.45) is 5.92 Å². The summed E-state index contributed by atoms with van der Waals surface area (Å²) in [5.41, 5.74) is 0.572. The minimum absolute atomic E-state index is 0.238. The highest BCUT2D eigenvalue weighted by Gasteiger charge is 2.30. The van der Waals surface area contributed by atoms with E-state index in [2.05, 4.69) is 30.2 Å². The predicted molar refractivity (Wildman–Crippen MR) is 82.5 cm³/mol. The SMILES string of the molecule is CC(C)CC(NCC1(O)CCCCC1)c1ccccn1. The molecule has 0 aromatic carbocycles. The van der Waals surface area contributed by atoms with Gasteiger partial charge in [0.05, 0.1) is 11.3 Å². The van der Waals surface area contributed by atoms with Crippen molar-refractivity contribution in [1.82, 2.24) is 10.3 Å². The molecule has 1 aliphatic carbocycles. The van der Waals surface area contributed by atoms with Crippen LogP contribution in [0.4, 0.5) is 0 Å². The zero-order valence-electron chi connectivity index (χ0n) is 12.8. The summed E-state index contributed by atoms with van der Waals surface area (Å²) < 4.78 is 0. The van der Waals surface area contributed by atoms with E-state index in [0.717, 1.165) is 37.8 Å². The lowest BCUT2D eigenvalue weighted by atomic mass is 9.84. The summed E-state index contributed by atoms with van der Waals surface area (Å²) in [6.45, 7) is 5.14. The molecule has 3 heteroatoms. The van der Waals surface area contributed by atoms with E-state index in [-0.39, 0.29) is 6.04 Å². The summed E-state index contributed by atoms with van der Waals surface area (Å²) in [7, 11) is 0. The molecule has 2 N–H and O–H groups in total. The van der Waals surface area contributed by atoms with E-state index >= 15 is 0 Å². The average Bonchev–Trinajstić information content (AvgIpc) is 2.45. The number of rotatable bonds is 6. The monoisotopic (exact) mass is 276 g/mol. The first-order chi connectivity index (χ1) is 9.59. The van der Waals surface area contributed by atoms with E-state index in [1.807, 2.05) is 18.3 Å². The maximum absolute atomic E-state index is 10.6. The number of hydrogen-bond donors (Lipinski definition) is 2. The Kier molecular flexibility index (Phi) is 5.55. The van der Waals surface area contributed by atoms with Crippen molar-refractivity contribution in [2.45, 2.75) is 64.0 Å². The van der Waals surface area contributed by atoms with Crippen molar-refractivity contribution >= 4 is 0 Å². The van der Waals surface area contributed by atoms with Gasteiger partial charge in [-0.3, -0.25) is 4.98 Å².